The number of halogens is 1. The van der Waals surface area contributed by atoms with Gasteiger partial charge in [-0.3, -0.25) is 4.79 Å². The van der Waals surface area contributed by atoms with Crippen LogP contribution in [0.5, 0.6) is 0 Å². The lowest BCUT2D eigenvalue weighted by Crippen LogP contribution is -2.29. The van der Waals surface area contributed by atoms with Gasteiger partial charge in [-0.25, -0.2) is 0 Å². The van der Waals surface area contributed by atoms with E-state index in [4.69, 9.17) is 0 Å². The first-order valence-corrected chi connectivity index (χ1v) is 7.50. The van der Waals surface area contributed by atoms with Gasteiger partial charge in [-0.15, -0.1) is 0 Å². The van der Waals surface area contributed by atoms with Crippen LogP contribution in [0.4, 0.5) is 0 Å². The summed E-state index contributed by atoms with van der Waals surface area (Å²) in [5.74, 6) is 0.116. The largest absolute Gasteiger partial charge is 0.342 e. The molecule has 0 atom stereocenters. The van der Waals surface area contributed by atoms with Crippen LogP contribution in [0.3, 0.4) is 0 Å². The van der Waals surface area contributed by atoms with Crippen LogP contribution in [0, 0.1) is 0 Å². The highest BCUT2D eigenvalue weighted by atomic mass is 79.9. The van der Waals surface area contributed by atoms with Gasteiger partial charge in [0.2, 0.25) is 0 Å². The van der Waals surface area contributed by atoms with E-state index in [1.54, 1.807) is 0 Å². The highest BCUT2D eigenvalue weighted by Gasteiger charge is 2.16. The molecule has 0 aromatic carbocycles. The predicted octanol–water partition coefficient (Wildman–Crippen LogP) is 3.92. The number of aryl methyl sites for hydroxylation is 1. The fraction of sp³-hybridized carbons (Fsp3) is 0.643. The van der Waals surface area contributed by atoms with E-state index < -0.39 is 0 Å². The number of aromatic nitrogens is 1. The molecule has 0 aliphatic rings. The summed E-state index contributed by atoms with van der Waals surface area (Å²) in [5, 5.41) is 0. The Morgan fingerprint density at radius 3 is 2.67 bits per heavy atom. The quantitative estimate of drug-likeness (QED) is 0.700. The summed E-state index contributed by atoms with van der Waals surface area (Å²) in [6, 6.07) is 1.91. The predicted molar refractivity (Wildman–Crippen MR) is 78.9 cm³/mol. The molecule has 1 rings (SSSR count). The van der Waals surface area contributed by atoms with Gasteiger partial charge in [-0.05, 0) is 34.8 Å². The normalized spacial score (nSPS) is 10.7. The highest BCUT2D eigenvalue weighted by molar-refractivity contribution is 9.10. The molecule has 1 aromatic heterocycles. The fourth-order valence-corrected chi connectivity index (χ4v) is 2.44. The molecule has 1 amide bonds. The summed E-state index contributed by atoms with van der Waals surface area (Å²) in [4.78, 5) is 14.2. The van der Waals surface area contributed by atoms with Crippen LogP contribution in [-0.4, -0.2) is 29.0 Å². The second kappa shape index (κ2) is 7.62. The summed E-state index contributed by atoms with van der Waals surface area (Å²) in [7, 11) is 1.88. The maximum absolute atomic E-state index is 12.3. The van der Waals surface area contributed by atoms with Gasteiger partial charge in [0.15, 0.2) is 0 Å². The third-order valence-corrected chi connectivity index (χ3v) is 3.42. The highest BCUT2D eigenvalue weighted by Crippen LogP contribution is 2.17. The molecular weight excluding hydrogens is 292 g/mol. The molecule has 0 N–H and O–H groups in total. The van der Waals surface area contributed by atoms with Gasteiger partial charge in [0.1, 0.15) is 5.69 Å². The molecule has 0 bridgehead atoms. The second-order valence-electron chi connectivity index (χ2n) is 4.67. The van der Waals surface area contributed by atoms with Crippen molar-refractivity contribution in [3.63, 3.8) is 0 Å². The SMILES string of the molecule is CCCCCN(C)C(=O)c1cc(Br)cn1CCC. The molecule has 0 radical (unpaired) electrons. The van der Waals surface area contributed by atoms with Crippen LogP contribution >= 0.6 is 15.9 Å². The van der Waals surface area contributed by atoms with Crippen molar-refractivity contribution < 1.29 is 4.79 Å². The molecule has 1 heterocycles. The van der Waals surface area contributed by atoms with Gasteiger partial charge in [-0.1, -0.05) is 26.7 Å². The van der Waals surface area contributed by atoms with E-state index in [0.717, 1.165) is 36.1 Å². The number of hydrogen-bond donors (Lipinski definition) is 0. The van der Waals surface area contributed by atoms with E-state index in [1.165, 1.54) is 12.8 Å². The number of nitrogens with zero attached hydrogens (tertiary/aromatic N) is 2. The van der Waals surface area contributed by atoms with E-state index in [0.29, 0.717) is 0 Å². The van der Waals surface area contributed by atoms with Gasteiger partial charge in [0.25, 0.3) is 5.91 Å². The van der Waals surface area contributed by atoms with E-state index in [-0.39, 0.29) is 5.91 Å². The summed E-state index contributed by atoms with van der Waals surface area (Å²) >= 11 is 3.44. The summed E-state index contributed by atoms with van der Waals surface area (Å²) < 4.78 is 3.00. The number of unbranched alkanes of at least 4 members (excludes halogenated alkanes) is 2. The standard InChI is InChI=1S/C14H23BrN2O/c1-4-6-7-9-16(3)14(18)13-10-12(15)11-17(13)8-5-2/h10-11H,4-9H2,1-3H3. The summed E-state index contributed by atoms with van der Waals surface area (Å²) in [5.41, 5.74) is 0.780. The lowest BCUT2D eigenvalue weighted by molar-refractivity contribution is 0.0782. The molecule has 0 saturated carbocycles. The van der Waals surface area contributed by atoms with Gasteiger partial charge in [0, 0.05) is 30.8 Å². The van der Waals surface area contributed by atoms with E-state index in [9.17, 15) is 4.79 Å². The minimum atomic E-state index is 0.116. The lowest BCUT2D eigenvalue weighted by Gasteiger charge is -2.18. The van der Waals surface area contributed by atoms with Gasteiger partial charge < -0.3 is 9.47 Å². The van der Waals surface area contributed by atoms with Crippen LogP contribution in [0.2, 0.25) is 0 Å². The molecule has 0 saturated heterocycles. The van der Waals surface area contributed by atoms with Gasteiger partial charge in [0.05, 0.1) is 0 Å². The Bertz CT molecular complexity index is 387. The molecule has 0 aliphatic heterocycles. The maximum atomic E-state index is 12.3. The molecule has 4 heteroatoms. The van der Waals surface area contributed by atoms with Crippen molar-refractivity contribution in [2.75, 3.05) is 13.6 Å². The Balaban J connectivity index is 2.70. The van der Waals surface area contributed by atoms with Crippen LogP contribution < -0.4 is 0 Å². The minimum absolute atomic E-state index is 0.116. The van der Waals surface area contributed by atoms with Crippen molar-refractivity contribution in [2.24, 2.45) is 0 Å². The van der Waals surface area contributed by atoms with E-state index in [1.807, 2.05) is 28.8 Å². The monoisotopic (exact) mass is 314 g/mol. The van der Waals surface area contributed by atoms with Crippen molar-refractivity contribution >= 4 is 21.8 Å². The van der Waals surface area contributed by atoms with Crippen molar-refractivity contribution in [3.8, 4) is 0 Å². The van der Waals surface area contributed by atoms with E-state index in [2.05, 4.69) is 29.8 Å². The minimum Gasteiger partial charge on any atom is -0.342 e. The lowest BCUT2D eigenvalue weighted by atomic mass is 10.2. The van der Waals surface area contributed by atoms with Gasteiger partial charge >= 0.3 is 0 Å². The molecule has 0 aliphatic carbocycles. The zero-order valence-corrected chi connectivity index (χ0v) is 13.2. The molecular formula is C14H23BrN2O. The molecule has 3 nitrogen and oxygen atoms in total. The third-order valence-electron chi connectivity index (χ3n) is 2.99. The third kappa shape index (κ3) is 4.16. The molecule has 0 unspecified atom stereocenters. The van der Waals surface area contributed by atoms with Crippen LogP contribution in [0.25, 0.3) is 0 Å². The van der Waals surface area contributed by atoms with Crippen molar-refractivity contribution in [2.45, 2.75) is 46.1 Å². The zero-order valence-electron chi connectivity index (χ0n) is 11.6. The van der Waals surface area contributed by atoms with Crippen molar-refractivity contribution in [1.82, 2.24) is 9.47 Å². The Kier molecular flexibility index (Phi) is 6.47. The number of carbonyl (C=O) groups is 1. The average molecular weight is 315 g/mol. The zero-order chi connectivity index (χ0) is 13.5. The first-order valence-electron chi connectivity index (χ1n) is 6.71. The van der Waals surface area contributed by atoms with Crippen LogP contribution in [0.1, 0.15) is 50.0 Å². The Morgan fingerprint density at radius 2 is 2.06 bits per heavy atom. The fourth-order valence-electron chi connectivity index (χ4n) is 1.98. The van der Waals surface area contributed by atoms with Crippen LogP contribution in [-0.2, 0) is 6.54 Å². The van der Waals surface area contributed by atoms with Crippen molar-refractivity contribution in [3.05, 3.63) is 22.4 Å². The maximum Gasteiger partial charge on any atom is 0.270 e. The Labute approximate surface area is 118 Å². The summed E-state index contributed by atoms with van der Waals surface area (Å²) in [6.07, 6.45) is 6.45. The molecule has 1 aromatic rings. The summed E-state index contributed by atoms with van der Waals surface area (Å²) in [6.45, 7) is 6.01. The van der Waals surface area contributed by atoms with E-state index >= 15 is 0 Å². The first-order chi connectivity index (χ1) is 8.60. The number of carbonyl (C=O) groups excluding carboxylic acids is 1. The molecule has 18 heavy (non-hydrogen) atoms. The van der Waals surface area contributed by atoms with Gasteiger partial charge in [-0.2, -0.15) is 0 Å². The molecule has 0 fully saturated rings. The second-order valence-corrected chi connectivity index (χ2v) is 5.59. The average Bonchev–Trinajstić information content (AvgIpc) is 2.70. The topological polar surface area (TPSA) is 25.2 Å². The molecule has 0 spiro atoms. The molecule has 102 valence electrons. The number of amides is 1. The Morgan fingerprint density at radius 1 is 1.33 bits per heavy atom. The smallest absolute Gasteiger partial charge is 0.270 e. The Hall–Kier alpha value is -0.770. The number of hydrogen-bond acceptors (Lipinski definition) is 1. The van der Waals surface area contributed by atoms with Crippen molar-refractivity contribution in [1.29, 1.82) is 0 Å². The number of rotatable bonds is 7. The van der Waals surface area contributed by atoms with Crippen LogP contribution in [0.15, 0.2) is 16.7 Å². The first kappa shape index (κ1) is 15.3.